The molecule has 1 fully saturated rings. The van der Waals surface area contributed by atoms with Crippen LogP contribution in [0.4, 0.5) is 5.69 Å². The van der Waals surface area contributed by atoms with Crippen molar-refractivity contribution in [2.45, 2.75) is 23.0 Å². The molecule has 1 saturated carbocycles. The lowest BCUT2D eigenvalue weighted by atomic mass is 10.3. The molecule has 1 aromatic rings. The maximum absolute atomic E-state index is 12.2. The lowest BCUT2D eigenvalue weighted by molar-refractivity contribution is 0.416. The van der Waals surface area contributed by atoms with E-state index >= 15 is 0 Å². The summed E-state index contributed by atoms with van der Waals surface area (Å²) in [5.41, 5.74) is 6.22. The predicted octanol–water partition coefficient (Wildman–Crippen LogP) is 0.689. The molecule has 0 atom stereocenters. The second-order valence-electron chi connectivity index (χ2n) is 3.87. The lowest BCUT2D eigenvalue weighted by Crippen LogP contribution is -2.28. The third-order valence-corrected chi connectivity index (χ3v) is 5.40. The van der Waals surface area contributed by atoms with Crippen molar-refractivity contribution < 1.29 is 8.95 Å². The van der Waals surface area contributed by atoms with Gasteiger partial charge >= 0.3 is 0 Å². The van der Waals surface area contributed by atoms with Crippen LogP contribution in [0.1, 0.15) is 12.8 Å². The van der Waals surface area contributed by atoms with Crippen LogP contribution >= 0.6 is 0 Å². The first-order chi connectivity index (χ1) is 7.05. The number of rotatable bonds is 3. The van der Waals surface area contributed by atoms with Crippen LogP contribution in [0.2, 0.25) is 0 Å². The van der Waals surface area contributed by atoms with Crippen molar-refractivity contribution in [3.63, 3.8) is 0 Å². The molecule has 84 valence electrons. The molecule has 0 bridgehead atoms. The van der Waals surface area contributed by atoms with Crippen molar-refractivity contribution in [2.75, 3.05) is 12.8 Å². The summed E-state index contributed by atoms with van der Waals surface area (Å²) in [6.45, 7) is 0. The third kappa shape index (κ3) is 1.85. The Morgan fingerprint density at radius 3 is 2.67 bits per heavy atom. The van der Waals surface area contributed by atoms with E-state index in [-0.39, 0.29) is 5.25 Å². The van der Waals surface area contributed by atoms with E-state index in [0.717, 1.165) is 12.8 Å². The van der Waals surface area contributed by atoms with E-state index < -0.39 is 10.1 Å². The number of benzene rings is 1. The van der Waals surface area contributed by atoms with Crippen molar-refractivity contribution in [3.05, 3.63) is 18.2 Å². The molecule has 4 N–H and O–H groups in total. The van der Waals surface area contributed by atoms with Crippen LogP contribution in [0, 0.1) is 0 Å². The SMILES string of the molecule is COc1cc([SH](N)(=O)C2CC2)ccc1N. The Morgan fingerprint density at radius 2 is 2.13 bits per heavy atom. The fourth-order valence-electron chi connectivity index (χ4n) is 1.59. The van der Waals surface area contributed by atoms with Crippen molar-refractivity contribution in [1.29, 1.82) is 0 Å². The summed E-state index contributed by atoms with van der Waals surface area (Å²) in [6.07, 6.45) is 1.92. The van der Waals surface area contributed by atoms with Gasteiger partial charge in [0.2, 0.25) is 0 Å². The van der Waals surface area contributed by atoms with E-state index in [0.29, 0.717) is 16.3 Å². The average molecular weight is 228 g/mol. The Kier molecular flexibility index (Phi) is 2.44. The number of ether oxygens (including phenoxy) is 1. The van der Waals surface area contributed by atoms with Gasteiger partial charge in [-0.3, -0.25) is 9.35 Å². The van der Waals surface area contributed by atoms with Gasteiger partial charge in [0.25, 0.3) is 0 Å². The molecule has 0 heterocycles. The van der Waals surface area contributed by atoms with E-state index in [9.17, 15) is 4.21 Å². The van der Waals surface area contributed by atoms with Gasteiger partial charge in [-0.05, 0) is 41.2 Å². The Morgan fingerprint density at radius 1 is 1.47 bits per heavy atom. The Balaban J connectivity index is 2.40. The van der Waals surface area contributed by atoms with Crippen molar-refractivity contribution in [3.8, 4) is 5.75 Å². The molecule has 0 amide bonds. The van der Waals surface area contributed by atoms with Crippen LogP contribution < -0.4 is 15.6 Å². The fraction of sp³-hybridized carbons (Fsp3) is 0.400. The maximum atomic E-state index is 12.2. The Hall–Kier alpha value is -1.07. The molecule has 4 nitrogen and oxygen atoms in total. The summed E-state index contributed by atoms with van der Waals surface area (Å²) in [7, 11) is -1.17. The second-order valence-corrected chi connectivity index (χ2v) is 6.53. The highest BCUT2D eigenvalue weighted by Crippen LogP contribution is 2.37. The molecule has 0 spiro atoms. The molecule has 0 unspecified atom stereocenters. The van der Waals surface area contributed by atoms with Crippen LogP contribution in [0.25, 0.3) is 0 Å². The van der Waals surface area contributed by atoms with E-state index in [1.165, 1.54) is 7.11 Å². The number of anilines is 1. The summed E-state index contributed by atoms with van der Waals surface area (Å²) < 4.78 is 17.3. The monoisotopic (exact) mass is 228 g/mol. The molecule has 0 aromatic heterocycles. The molecular formula is C10H16N2O2S. The predicted molar refractivity (Wildman–Crippen MR) is 62.4 cm³/mol. The van der Waals surface area contributed by atoms with Gasteiger partial charge < -0.3 is 10.5 Å². The van der Waals surface area contributed by atoms with Crippen LogP contribution in [0.5, 0.6) is 5.75 Å². The number of nitrogens with two attached hydrogens (primary N) is 2. The summed E-state index contributed by atoms with van der Waals surface area (Å²) in [5, 5.41) is 6.03. The Bertz CT molecular complexity index is 429. The third-order valence-electron chi connectivity index (χ3n) is 2.71. The Labute approximate surface area is 90.2 Å². The van der Waals surface area contributed by atoms with Gasteiger partial charge in [-0.15, -0.1) is 0 Å². The fourth-order valence-corrected chi connectivity index (χ4v) is 3.55. The highest BCUT2D eigenvalue weighted by atomic mass is 32.3. The molecule has 0 aliphatic heterocycles. The number of methoxy groups -OCH3 is 1. The van der Waals surface area contributed by atoms with E-state index in [4.69, 9.17) is 15.6 Å². The summed E-state index contributed by atoms with van der Waals surface area (Å²) in [6, 6.07) is 5.11. The molecule has 1 aliphatic carbocycles. The number of hydrogen-bond acceptors (Lipinski definition) is 3. The molecule has 15 heavy (non-hydrogen) atoms. The largest absolute Gasteiger partial charge is 0.495 e. The molecular weight excluding hydrogens is 212 g/mol. The average Bonchev–Trinajstić information content (AvgIpc) is 3.01. The topological polar surface area (TPSA) is 78.3 Å². The van der Waals surface area contributed by atoms with Crippen LogP contribution in [-0.4, -0.2) is 16.6 Å². The molecule has 0 radical (unpaired) electrons. The lowest BCUT2D eigenvalue weighted by Gasteiger charge is -2.19. The zero-order chi connectivity index (χ0) is 11.1. The zero-order valence-electron chi connectivity index (χ0n) is 8.64. The van der Waals surface area contributed by atoms with Gasteiger partial charge in [-0.25, -0.2) is 0 Å². The standard InChI is InChI=1S/C10H16N2O2S/c1-14-10-6-8(4-5-9(10)11)15(12,13)7-2-3-7/h4-7,15H,2-3,11H2,1H3,(H2,12,13). The van der Waals surface area contributed by atoms with E-state index in [1.54, 1.807) is 18.2 Å². The van der Waals surface area contributed by atoms with Crippen molar-refractivity contribution >= 4 is 15.8 Å². The maximum Gasteiger partial charge on any atom is 0.142 e. The molecule has 5 heteroatoms. The van der Waals surface area contributed by atoms with E-state index in [1.807, 2.05) is 0 Å². The normalized spacial score (nSPS) is 17.5. The van der Waals surface area contributed by atoms with Crippen LogP contribution in [-0.2, 0) is 10.1 Å². The minimum atomic E-state index is -2.70. The summed E-state index contributed by atoms with van der Waals surface area (Å²) in [4.78, 5) is 0.663. The zero-order valence-corrected chi connectivity index (χ0v) is 9.54. The van der Waals surface area contributed by atoms with Gasteiger partial charge in [0.15, 0.2) is 0 Å². The number of thiol groups is 1. The second kappa shape index (κ2) is 3.50. The first kappa shape index (κ1) is 10.4. The van der Waals surface area contributed by atoms with Gasteiger partial charge in [0.05, 0.1) is 12.8 Å². The molecule has 0 saturated heterocycles. The summed E-state index contributed by atoms with van der Waals surface area (Å²) in [5.74, 6) is 0.541. The van der Waals surface area contributed by atoms with E-state index in [2.05, 4.69) is 0 Å². The van der Waals surface area contributed by atoms with Crippen molar-refractivity contribution in [1.82, 2.24) is 0 Å². The molecule has 1 aromatic carbocycles. The van der Waals surface area contributed by atoms with Gasteiger partial charge in [0.1, 0.15) is 5.75 Å². The van der Waals surface area contributed by atoms with Gasteiger partial charge in [-0.1, -0.05) is 0 Å². The molecule has 2 rings (SSSR count). The first-order valence-corrected chi connectivity index (χ1v) is 6.72. The van der Waals surface area contributed by atoms with Crippen LogP contribution in [0.3, 0.4) is 0 Å². The number of nitrogen functional groups attached to an aromatic ring is 1. The quantitative estimate of drug-likeness (QED) is 0.526. The first-order valence-electron chi connectivity index (χ1n) is 4.88. The molecule has 1 aliphatic rings. The smallest absolute Gasteiger partial charge is 0.142 e. The highest BCUT2D eigenvalue weighted by Gasteiger charge is 2.34. The van der Waals surface area contributed by atoms with Gasteiger partial charge in [-0.2, -0.15) is 0 Å². The minimum Gasteiger partial charge on any atom is -0.495 e. The van der Waals surface area contributed by atoms with Crippen LogP contribution in [0.15, 0.2) is 23.1 Å². The highest BCUT2D eigenvalue weighted by molar-refractivity contribution is 8.01. The summed E-state index contributed by atoms with van der Waals surface area (Å²) >= 11 is 0. The van der Waals surface area contributed by atoms with Gasteiger partial charge in [0, 0.05) is 10.1 Å². The van der Waals surface area contributed by atoms with Crippen molar-refractivity contribution in [2.24, 2.45) is 5.14 Å². The number of hydrogen-bond donors (Lipinski definition) is 3. The minimum absolute atomic E-state index is 0.158.